The maximum Gasteiger partial charge on any atom is 0.347 e. The van der Waals surface area contributed by atoms with Crippen molar-refractivity contribution >= 4 is 28.2 Å². The fraction of sp³-hybridized carbons (Fsp3) is 0.273. The molecule has 2 aromatic rings. The largest absolute Gasteiger partial charge is 0.506 e. The van der Waals surface area contributed by atoms with Gasteiger partial charge in [-0.15, -0.1) is 11.3 Å². The number of carbonyl (C=O) groups is 1. The SMILES string of the molecule is CCOC(=O)c1c(O)c2c(C)scc2[nH]c1=O. The molecule has 0 aliphatic heterocycles. The molecule has 2 aromatic heterocycles. The standard InChI is InChI=1S/C11H11NO4S/c1-3-16-11(15)8-9(13)7-5(2)17-4-6(7)12-10(8)14/h4,13H,3H2,1-2H3,(H,12,14). The Morgan fingerprint density at radius 1 is 1.59 bits per heavy atom. The first-order valence-corrected chi connectivity index (χ1v) is 5.94. The van der Waals surface area contributed by atoms with Crippen molar-refractivity contribution in [3.63, 3.8) is 0 Å². The molecule has 0 saturated heterocycles. The van der Waals surface area contributed by atoms with E-state index >= 15 is 0 Å². The third-order valence-electron chi connectivity index (χ3n) is 2.40. The van der Waals surface area contributed by atoms with Gasteiger partial charge < -0.3 is 14.8 Å². The molecule has 0 spiro atoms. The molecular weight excluding hydrogens is 242 g/mol. The van der Waals surface area contributed by atoms with Crippen LogP contribution in [0.2, 0.25) is 0 Å². The van der Waals surface area contributed by atoms with Crippen LogP contribution in [-0.2, 0) is 4.74 Å². The topological polar surface area (TPSA) is 79.4 Å². The Kier molecular flexibility index (Phi) is 2.89. The number of aryl methyl sites for hydroxylation is 1. The van der Waals surface area contributed by atoms with Crippen molar-refractivity contribution in [2.24, 2.45) is 0 Å². The number of nitrogens with one attached hydrogen (secondary N) is 1. The van der Waals surface area contributed by atoms with E-state index in [9.17, 15) is 14.7 Å². The fourth-order valence-electron chi connectivity index (χ4n) is 1.65. The molecule has 2 rings (SSSR count). The summed E-state index contributed by atoms with van der Waals surface area (Å²) in [5, 5.41) is 12.2. The van der Waals surface area contributed by atoms with Gasteiger partial charge in [-0.05, 0) is 13.8 Å². The highest BCUT2D eigenvalue weighted by Gasteiger charge is 2.21. The van der Waals surface area contributed by atoms with Gasteiger partial charge in [0.15, 0.2) is 5.56 Å². The number of H-pyrrole nitrogens is 1. The number of ether oxygens (including phenoxy) is 1. The van der Waals surface area contributed by atoms with E-state index in [4.69, 9.17) is 4.74 Å². The second-order valence-corrected chi connectivity index (χ2v) is 4.56. The Balaban J connectivity index is 2.75. The number of carbonyl (C=O) groups excluding carboxylic acids is 1. The summed E-state index contributed by atoms with van der Waals surface area (Å²) < 4.78 is 4.74. The van der Waals surface area contributed by atoms with Crippen LogP contribution in [0, 0.1) is 6.92 Å². The van der Waals surface area contributed by atoms with E-state index in [1.807, 2.05) is 0 Å². The predicted molar refractivity (Wildman–Crippen MR) is 64.8 cm³/mol. The Labute approximate surface area is 101 Å². The summed E-state index contributed by atoms with van der Waals surface area (Å²) in [4.78, 5) is 26.6. The second-order valence-electron chi connectivity index (χ2n) is 3.48. The van der Waals surface area contributed by atoms with E-state index < -0.39 is 11.5 Å². The Hall–Kier alpha value is -1.82. The predicted octanol–water partition coefficient (Wildman–Crippen LogP) is 1.78. The van der Waals surface area contributed by atoms with E-state index in [1.54, 1.807) is 19.2 Å². The molecule has 0 bridgehead atoms. The molecule has 17 heavy (non-hydrogen) atoms. The van der Waals surface area contributed by atoms with Crippen LogP contribution in [0.4, 0.5) is 0 Å². The fourth-order valence-corrected chi connectivity index (χ4v) is 2.45. The highest BCUT2D eigenvalue weighted by Crippen LogP contribution is 2.32. The smallest absolute Gasteiger partial charge is 0.347 e. The molecule has 2 N–H and O–H groups in total. The number of aromatic hydroxyl groups is 1. The van der Waals surface area contributed by atoms with Gasteiger partial charge in [0.1, 0.15) is 5.75 Å². The van der Waals surface area contributed by atoms with Crippen molar-refractivity contribution in [2.75, 3.05) is 6.61 Å². The molecule has 0 atom stereocenters. The highest BCUT2D eigenvalue weighted by atomic mass is 32.1. The first-order valence-electron chi connectivity index (χ1n) is 5.06. The van der Waals surface area contributed by atoms with E-state index in [1.165, 1.54) is 11.3 Å². The normalized spacial score (nSPS) is 10.7. The molecule has 0 aromatic carbocycles. The van der Waals surface area contributed by atoms with Crippen molar-refractivity contribution in [2.45, 2.75) is 13.8 Å². The molecule has 2 heterocycles. The van der Waals surface area contributed by atoms with Gasteiger partial charge in [-0.1, -0.05) is 0 Å². The zero-order chi connectivity index (χ0) is 12.6. The summed E-state index contributed by atoms with van der Waals surface area (Å²) >= 11 is 1.39. The summed E-state index contributed by atoms with van der Waals surface area (Å²) in [5.74, 6) is -1.11. The lowest BCUT2D eigenvalue weighted by molar-refractivity contribution is 0.0521. The van der Waals surface area contributed by atoms with Crippen molar-refractivity contribution in [1.82, 2.24) is 4.98 Å². The van der Waals surface area contributed by atoms with Gasteiger partial charge in [0.25, 0.3) is 5.56 Å². The molecule has 0 unspecified atom stereocenters. The van der Waals surface area contributed by atoms with Crippen LogP contribution in [-0.4, -0.2) is 22.7 Å². The third-order valence-corrected chi connectivity index (χ3v) is 3.31. The number of hydrogen-bond donors (Lipinski definition) is 2. The van der Waals surface area contributed by atoms with Crippen LogP contribution in [0.15, 0.2) is 10.2 Å². The maximum absolute atomic E-state index is 11.7. The third kappa shape index (κ3) is 1.80. The molecule has 0 fully saturated rings. The minimum atomic E-state index is -0.807. The Morgan fingerprint density at radius 2 is 2.29 bits per heavy atom. The van der Waals surface area contributed by atoms with Crippen LogP contribution in [0.25, 0.3) is 10.9 Å². The second kappa shape index (κ2) is 4.21. The number of thiophene rings is 1. The summed E-state index contributed by atoms with van der Waals surface area (Å²) in [6, 6.07) is 0. The zero-order valence-corrected chi connectivity index (χ0v) is 10.2. The molecule has 5 nitrogen and oxygen atoms in total. The number of hydrogen-bond acceptors (Lipinski definition) is 5. The lowest BCUT2D eigenvalue weighted by Crippen LogP contribution is -2.19. The molecule has 0 amide bonds. The molecule has 0 aliphatic rings. The minimum absolute atomic E-state index is 0.151. The van der Waals surface area contributed by atoms with Crippen LogP contribution < -0.4 is 5.56 Å². The summed E-state index contributed by atoms with van der Waals surface area (Å²) in [7, 11) is 0. The van der Waals surface area contributed by atoms with Crippen molar-refractivity contribution in [3.05, 3.63) is 26.2 Å². The van der Waals surface area contributed by atoms with Crippen molar-refractivity contribution in [3.8, 4) is 5.75 Å². The first kappa shape index (κ1) is 11.7. The number of pyridine rings is 1. The zero-order valence-electron chi connectivity index (χ0n) is 9.36. The Morgan fingerprint density at radius 3 is 2.94 bits per heavy atom. The number of aromatic nitrogens is 1. The average molecular weight is 253 g/mol. The Bertz CT molecular complexity index is 641. The van der Waals surface area contributed by atoms with Gasteiger partial charge in [0.2, 0.25) is 0 Å². The van der Waals surface area contributed by atoms with Crippen molar-refractivity contribution < 1.29 is 14.6 Å². The average Bonchev–Trinajstić information content (AvgIpc) is 2.60. The van der Waals surface area contributed by atoms with Gasteiger partial charge in [-0.3, -0.25) is 4.79 Å². The van der Waals surface area contributed by atoms with E-state index in [2.05, 4.69) is 4.98 Å². The highest BCUT2D eigenvalue weighted by molar-refractivity contribution is 7.11. The van der Waals surface area contributed by atoms with E-state index in [0.29, 0.717) is 10.9 Å². The van der Waals surface area contributed by atoms with E-state index in [0.717, 1.165) is 4.88 Å². The number of esters is 1. The van der Waals surface area contributed by atoms with Gasteiger partial charge in [0.05, 0.1) is 17.5 Å². The lowest BCUT2D eigenvalue weighted by Gasteiger charge is -2.04. The molecule has 90 valence electrons. The van der Waals surface area contributed by atoms with Gasteiger partial charge in [-0.2, -0.15) is 0 Å². The quantitative estimate of drug-likeness (QED) is 0.799. The number of rotatable bonds is 2. The van der Waals surface area contributed by atoms with E-state index in [-0.39, 0.29) is 17.9 Å². The minimum Gasteiger partial charge on any atom is -0.506 e. The molecule has 6 heteroatoms. The van der Waals surface area contributed by atoms with Crippen LogP contribution in [0.5, 0.6) is 5.75 Å². The lowest BCUT2D eigenvalue weighted by atomic mass is 10.1. The van der Waals surface area contributed by atoms with Gasteiger partial charge in [-0.25, -0.2) is 4.79 Å². The summed E-state index contributed by atoms with van der Waals surface area (Å²) in [5.41, 5.74) is -0.435. The van der Waals surface area contributed by atoms with Crippen LogP contribution in [0.3, 0.4) is 0 Å². The monoisotopic (exact) mass is 253 g/mol. The molecule has 0 radical (unpaired) electrons. The summed E-state index contributed by atoms with van der Waals surface area (Å²) in [6.45, 7) is 3.59. The molecule has 0 saturated carbocycles. The van der Waals surface area contributed by atoms with Crippen LogP contribution in [0.1, 0.15) is 22.2 Å². The number of aromatic amines is 1. The molecule has 0 aliphatic carbocycles. The van der Waals surface area contributed by atoms with Gasteiger partial charge in [0, 0.05) is 10.3 Å². The van der Waals surface area contributed by atoms with Crippen molar-refractivity contribution in [1.29, 1.82) is 0 Å². The summed E-state index contributed by atoms with van der Waals surface area (Å²) in [6.07, 6.45) is 0. The van der Waals surface area contributed by atoms with Crippen LogP contribution >= 0.6 is 11.3 Å². The van der Waals surface area contributed by atoms with Gasteiger partial charge >= 0.3 is 5.97 Å². The molecular formula is C11H11NO4S. The number of fused-ring (bicyclic) bond motifs is 1. The maximum atomic E-state index is 11.7. The first-order chi connectivity index (χ1) is 8.06.